The SMILES string of the molecule is N#Cc1c(-c2ccccc2Cl)cc(-c2ccc(Cl)cc2)nc1SCC(=O)Nc1ccc([N+](=O)[O-])cc1. The number of halogens is 2. The zero-order valence-electron chi connectivity index (χ0n) is 18.4. The molecule has 0 aliphatic heterocycles. The highest BCUT2D eigenvalue weighted by molar-refractivity contribution is 8.00. The van der Waals surface area contributed by atoms with E-state index in [1.165, 1.54) is 24.3 Å². The summed E-state index contributed by atoms with van der Waals surface area (Å²) in [5.74, 6) is -0.388. The topological polar surface area (TPSA) is 109 Å². The van der Waals surface area contributed by atoms with Crippen LogP contribution in [0.1, 0.15) is 5.56 Å². The Morgan fingerprint density at radius 1 is 1.03 bits per heavy atom. The highest BCUT2D eigenvalue weighted by atomic mass is 35.5. The molecule has 1 N–H and O–H groups in total. The second-order valence-corrected chi connectivity index (χ2v) is 9.28. The molecule has 0 aliphatic carbocycles. The van der Waals surface area contributed by atoms with Crippen molar-refractivity contribution >= 4 is 52.2 Å². The van der Waals surface area contributed by atoms with Gasteiger partial charge < -0.3 is 5.32 Å². The van der Waals surface area contributed by atoms with Gasteiger partial charge in [-0.05, 0) is 36.4 Å². The van der Waals surface area contributed by atoms with Crippen LogP contribution in [0.15, 0.2) is 83.9 Å². The molecule has 0 spiro atoms. The number of thioether (sulfide) groups is 1. The van der Waals surface area contributed by atoms with Crippen molar-refractivity contribution in [3.8, 4) is 28.5 Å². The molecule has 1 aromatic heterocycles. The summed E-state index contributed by atoms with van der Waals surface area (Å²) in [7, 11) is 0. The molecule has 0 saturated carbocycles. The molecule has 0 radical (unpaired) electrons. The minimum atomic E-state index is -0.513. The molecule has 0 aliphatic rings. The summed E-state index contributed by atoms with van der Waals surface area (Å²) < 4.78 is 0. The van der Waals surface area contributed by atoms with Crippen LogP contribution in [0.4, 0.5) is 11.4 Å². The number of carbonyl (C=O) groups is 1. The quantitative estimate of drug-likeness (QED) is 0.152. The summed E-state index contributed by atoms with van der Waals surface area (Å²) in [4.78, 5) is 27.6. The maximum absolute atomic E-state index is 12.6. The summed E-state index contributed by atoms with van der Waals surface area (Å²) >= 11 is 13.6. The predicted octanol–water partition coefficient (Wildman–Crippen LogP) is 7.23. The van der Waals surface area contributed by atoms with Gasteiger partial charge >= 0.3 is 0 Å². The number of nitrogens with zero attached hydrogens (tertiary/aromatic N) is 3. The number of nitriles is 1. The Balaban J connectivity index is 1.66. The number of nitro benzene ring substituents is 1. The zero-order chi connectivity index (χ0) is 25.7. The summed E-state index contributed by atoms with van der Waals surface area (Å²) in [5.41, 5.74) is 3.30. The summed E-state index contributed by atoms with van der Waals surface area (Å²) in [6.45, 7) is 0. The van der Waals surface area contributed by atoms with E-state index < -0.39 is 4.92 Å². The number of hydrogen-bond acceptors (Lipinski definition) is 6. The fourth-order valence-corrected chi connectivity index (χ4v) is 4.56. The minimum absolute atomic E-state index is 0.0370. The molecule has 10 heteroatoms. The van der Waals surface area contributed by atoms with Gasteiger partial charge in [0.15, 0.2) is 0 Å². The number of non-ortho nitro benzene ring substituents is 1. The molecule has 4 rings (SSSR count). The van der Waals surface area contributed by atoms with E-state index in [1.54, 1.807) is 30.3 Å². The molecule has 1 heterocycles. The molecular weight excluding hydrogens is 519 g/mol. The second-order valence-electron chi connectivity index (χ2n) is 7.47. The number of carbonyl (C=O) groups excluding carboxylic acids is 1. The fourth-order valence-electron chi connectivity index (χ4n) is 3.39. The van der Waals surface area contributed by atoms with Crippen molar-refractivity contribution in [1.29, 1.82) is 5.26 Å². The third-order valence-corrected chi connectivity index (χ3v) is 6.66. The molecule has 0 bridgehead atoms. The molecular formula is C26H16Cl2N4O3S. The third-order valence-electron chi connectivity index (χ3n) is 5.10. The number of amides is 1. The maximum Gasteiger partial charge on any atom is 0.269 e. The number of aromatic nitrogens is 1. The Kier molecular flexibility index (Phi) is 7.86. The van der Waals surface area contributed by atoms with E-state index in [-0.39, 0.29) is 17.3 Å². The lowest BCUT2D eigenvalue weighted by atomic mass is 9.99. The van der Waals surface area contributed by atoms with E-state index >= 15 is 0 Å². The second kappa shape index (κ2) is 11.2. The van der Waals surface area contributed by atoms with E-state index in [0.29, 0.717) is 43.1 Å². The lowest BCUT2D eigenvalue weighted by molar-refractivity contribution is -0.384. The lowest BCUT2D eigenvalue weighted by Gasteiger charge is -2.13. The van der Waals surface area contributed by atoms with Crippen LogP contribution in [0.3, 0.4) is 0 Å². The molecule has 178 valence electrons. The van der Waals surface area contributed by atoms with Crippen LogP contribution in [0.25, 0.3) is 22.4 Å². The predicted molar refractivity (Wildman–Crippen MR) is 142 cm³/mol. The van der Waals surface area contributed by atoms with Crippen LogP contribution in [0.5, 0.6) is 0 Å². The number of pyridine rings is 1. The van der Waals surface area contributed by atoms with Crippen molar-refractivity contribution in [3.63, 3.8) is 0 Å². The molecule has 3 aromatic carbocycles. The van der Waals surface area contributed by atoms with E-state index in [9.17, 15) is 20.2 Å². The van der Waals surface area contributed by atoms with E-state index in [4.69, 9.17) is 23.2 Å². The van der Waals surface area contributed by atoms with Crippen LogP contribution in [0, 0.1) is 21.4 Å². The van der Waals surface area contributed by atoms with Gasteiger partial charge in [-0.1, -0.05) is 65.3 Å². The summed E-state index contributed by atoms with van der Waals surface area (Å²) in [6, 6.07) is 23.9. The Hall–Kier alpha value is -3.90. The Bertz CT molecular complexity index is 1490. The van der Waals surface area contributed by atoms with Crippen molar-refractivity contribution < 1.29 is 9.72 Å². The van der Waals surface area contributed by atoms with Gasteiger partial charge in [0.2, 0.25) is 5.91 Å². The first kappa shape index (κ1) is 25.2. The van der Waals surface area contributed by atoms with Gasteiger partial charge in [0.25, 0.3) is 5.69 Å². The molecule has 0 saturated heterocycles. The first-order valence-electron chi connectivity index (χ1n) is 10.5. The normalized spacial score (nSPS) is 10.5. The number of nitro groups is 1. The van der Waals surface area contributed by atoms with Crippen LogP contribution in [-0.2, 0) is 4.79 Å². The maximum atomic E-state index is 12.6. The van der Waals surface area contributed by atoms with E-state index in [0.717, 1.165) is 17.3 Å². The molecule has 0 atom stereocenters. The zero-order valence-corrected chi connectivity index (χ0v) is 20.8. The number of anilines is 1. The number of benzene rings is 3. The molecule has 1 amide bonds. The van der Waals surface area contributed by atoms with Crippen LogP contribution < -0.4 is 5.32 Å². The van der Waals surface area contributed by atoms with Gasteiger partial charge in [0, 0.05) is 44.6 Å². The first-order chi connectivity index (χ1) is 17.4. The summed E-state index contributed by atoms with van der Waals surface area (Å²) in [6.07, 6.45) is 0. The molecule has 4 aromatic rings. The summed E-state index contributed by atoms with van der Waals surface area (Å²) in [5, 5.41) is 24.9. The van der Waals surface area contributed by atoms with Gasteiger partial charge in [-0.15, -0.1) is 0 Å². The standard InChI is InChI=1S/C26H16Cl2N4O3S/c27-17-7-5-16(6-8-17)24-13-21(20-3-1-2-4-23(20)28)22(14-29)26(31-24)36-15-25(33)30-18-9-11-19(12-10-18)32(34)35/h1-13H,15H2,(H,30,33). The number of nitrogens with one attached hydrogen (secondary N) is 1. The van der Waals surface area contributed by atoms with Crippen molar-refractivity contribution in [2.45, 2.75) is 5.03 Å². The lowest BCUT2D eigenvalue weighted by Crippen LogP contribution is -2.14. The van der Waals surface area contributed by atoms with Gasteiger partial charge in [-0.3, -0.25) is 14.9 Å². The number of rotatable bonds is 7. The van der Waals surface area contributed by atoms with Crippen molar-refractivity contribution in [3.05, 3.63) is 105 Å². The van der Waals surface area contributed by atoms with Crippen LogP contribution in [0.2, 0.25) is 10.0 Å². The largest absolute Gasteiger partial charge is 0.325 e. The fraction of sp³-hybridized carbons (Fsp3) is 0.0385. The Labute approximate surface area is 220 Å². The van der Waals surface area contributed by atoms with Crippen LogP contribution >= 0.6 is 35.0 Å². The third kappa shape index (κ3) is 5.83. The molecule has 7 nitrogen and oxygen atoms in total. The van der Waals surface area contributed by atoms with Gasteiger partial charge in [-0.2, -0.15) is 5.26 Å². The average molecular weight is 535 g/mol. The average Bonchev–Trinajstić information content (AvgIpc) is 2.88. The Morgan fingerprint density at radius 2 is 1.72 bits per heavy atom. The highest BCUT2D eigenvalue weighted by Crippen LogP contribution is 2.37. The van der Waals surface area contributed by atoms with Crippen molar-refractivity contribution in [2.24, 2.45) is 0 Å². The molecule has 0 unspecified atom stereocenters. The molecule has 0 fully saturated rings. The minimum Gasteiger partial charge on any atom is -0.325 e. The van der Waals surface area contributed by atoms with Crippen molar-refractivity contribution in [1.82, 2.24) is 4.98 Å². The van der Waals surface area contributed by atoms with Crippen molar-refractivity contribution in [2.75, 3.05) is 11.1 Å². The van der Waals surface area contributed by atoms with Crippen LogP contribution in [-0.4, -0.2) is 21.6 Å². The smallest absolute Gasteiger partial charge is 0.269 e. The van der Waals surface area contributed by atoms with Gasteiger partial charge in [0.05, 0.1) is 21.9 Å². The van der Waals surface area contributed by atoms with E-state index in [1.807, 2.05) is 24.3 Å². The Morgan fingerprint density at radius 3 is 2.36 bits per heavy atom. The van der Waals surface area contributed by atoms with E-state index in [2.05, 4.69) is 16.4 Å². The van der Waals surface area contributed by atoms with Gasteiger partial charge in [0.1, 0.15) is 11.1 Å². The monoisotopic (exact) mass is 534 g/mol. The van der Waals surface area contributed by atoms with Gasteiger partial charge in [-0.25, -0.2) is 4.98 Å². The highest BCUT2D eigenvalue weighted by Gasteiger charge is 2.18. The first-order valence-corrected chi connectivity index (χ1v) is 12.2. The number of hydrogen-bond donors (Lipinski definition) is 1. The molecule has 36 heavy (non-hydrogen) atoms.